The molecule has 0 saturated heterocycles. The number of rotatable bonds is 13. The molecule has 7 heteroatoms. The van der Waals surface area contributed by atoms with E-state index in [9.17, 15) is 9.18 Å². The van der Waals surface area contributed by atoms with Gasteiger partial charge >= 0.3 is 5.97 Å². The molecule has 1 aliphatic rings. The fourth-order valence-corrected chi connectivity index (χ4v) is 6.03. The lowest BCUT2D eigenvalue weighted by Crippen LogP contribution is -2.27. The molecule has 5 nitrogen and oxygen atoms in total. The van der Waals surface area contributed by atoms with E-state index in [2.05, 4.69) is 58.4 Å². The van der Waals surface area contributed by atoms with Crippen LogP contribution in [0.25, 0.3) is 21.9 Å². The van der Waals surface area contributed by atoms with Crippen LogP contribution in [0.15, 0.2) is 59.8 Å². The van der Waals surface area contributed by atoms with Gasteiger partial charge in [-0.3, -0.25) is 0 Å². The maximum atomic E-state index is 13.7. The first kappa shape index (κ1) is 43.7. The fraction of sp³-hybridized carbons (Fsp3) is 0.500. The van der Waals surface area contributed by atoms with Crippen LogP contribution in [0.5, 0.6) is 5.75 Å². The van der Waals surface area contributed by atoms with Crippen molar-refractivity contribution >= 4 is 45.2 Å². The summed E-state index contributed by atoms with van der Waals surface area (Å²) in [5, 5.41) is 5.63. The average Bonchev–Trinajstić information content (AvgIpc) is 3.09. The van der Waals surface area contributed by atoms with E-state index in [1.165, 1.54) is 50.9 Å². The number of esters is 1. The molecule has 1 aliphatic heterocycles. The second-order valence-electron chi connectivity index (χ2n) is 14.1. The third kappa shape index (κ3) is 12.6. The van der Waals surface area contributed by atoms with Crippen molar-refractivity contribution in [3.8, 4) is 5.75 Å². The Hall–Kier alpha value is -3.48. The van der Waals surface area contributed by atoms with Gasteiger partial charge in [0.05, 0.1) is 6.61 Å². The van der Waals surface area contributed by atoms with Crippen molar-refractivity contribution in [3.63, 3.8) is 0 Å². The molecule has 4 rings (SSSR count). The van der Waals surface area contributed by atoms with Gasteiger partial charge in [0.1, 0.15) is 29.8 Å². The summed E-state index contributed by atoms with van der Waals surface area (Å²) in [6.45, 7) is 25.2. The molecule has 0 spiro atoms. The Kier molecular flexibility index (Phi) is 18.1. The van der Waals surface area contributed by atoms with Gasteiger partial charge in [-0.15, -0.1) is 0 Å². The molecule has 0 radical (unpaired) electrons. The van der Waals surface area contributed by atoms with Gasteiger partial charge in [0.2, 0.25) is 0 Å². The van der Waals surface area contributed by atoms with Crippen molar-refractivity contribution in [1.29, 1.82) is 0 Å². The number of benzene rings is 3. The number of allylic oxidation sites excluding steroid dienone is 3. The third-order valence-corrected chi connectivity index (χ3v) is 9.18. The summed E-state index contributed by atoms with van der Waals surface area (Å²) in [5.74, 6) is 0.0957. The van der Waals surface area contributed by atoms with Crippen molar-refractivity contribution < 1.29 is 23.2 Å². The van der Waals surface area contributed by atoms with E-state index in [1.54, 1.807) is 6.07 Å². The van der Waals surface area contributed by atoms with Crippen molar-refractivity contribution in [2.75, 3.05) is 26.7 Å². The number of nitrogens with one attached hydrogen (secondary N) is 1. The standard InChI is InChI=1S/C34H38ClFNO3.C6H15N.C4H10/c1-20-27(16-17-29(35)31(20)32-22(3)37(8)23(32)4)26(21(2)33(38)40-34(5,6)7)12-10-18-39-30-13-9-11-24-19-25(36)14-15-28(24)30;1-3-5-7-6-4-2;1-3-4-2/h9,11,13-17,19H,10,12,18H2,1-8H3;7H,3-6H2,1-2H3;3-4H2,1-2H3/q+1;;/b26-21+;;. The molecule has 280 valence electrons. The van der Waals surface area contributed by atoms with E-state index in [0.29, 0.717) is 35.8 Å². The van der Waals surface area contributed by atoms with Crippen LogP contribution < -0.4 is 10.1 Å². The van der Waals surface area contributed by atoms with Crippen molar-refractivity contribution in [1.82, 2.24) is 5.32 Å². The lowest BCUT2D eigenvalue weighted by molar-refractivity contribution is -0.451. The summed E-state index contributed by atoms with van der Waals surface area (Å²) >= 11 is 6.76. The van der Waals surface area contributed by atoms with Crippen LogP contribution in [0.3, 0.4) is 0 Å². The third-order valence-electron chi connectivity index (χ3n) is 8.86. The molecule has 0 saturated carbocycles. The Morgan fingerprint density at radius 2 is 1.57 bits per heavy atom. The van der Waals surface area contributed by atoms with Crippen LogP contribution in [0.2, 0.25) is 5.02 Å². The number of carbonyl (C=O) groups excluding carboxylic acids is 1. The summed E-state index contributed by atoms with van der Waals surface area (Å²) in [6, 6.07) is 14.2. The van der Waals surface area contributed by atoms with E-state index in [4.69, 9.17) is 21.1 Å². The highest BCUT2D eigenvalue weighted by atomic mass is 35.5. The van der Waals surface area contributed by atoms with Gasteiger partial charge in [0.15, 0.2) is 11.4 Å². The number of fused-ring (bicyclic) bond motifs is 1. The van der Waals surface area contributed by atoms with Crippen LogP contribution in [0.4, 0.5) is 4.39 Å². The quantitative estimate of drug-likeness (QED) is 0.0826. The molecule has 0 aliphatic carbocycles. The SMILES string of the molecule is CC1=C(c2c(Cl)ccc(/C(CCCOc3cccc4cc(F)ccc34)=C(\C)C(=O)OC(C)(C)C)c2C)C(C)=[N+]1C.CCCC.CCCNCCC. The predicted molar refractivity (Wildman–Crippen MR) is 217 cm³/mol. The lowest BCUT2D eigenvalue weighted by Gasteiger charge is -2.24. The summed E-state index contributed by atoms with van der Waals surface area (Å²) < 4.78 is 27.7. The largest absolute Gasteiger partial charge is 0.493 e. The maximum absolute atomic E-state index is 13.7. The summed E-state index contributed by atoms with van der Waals surface area (Å²) in [5.41, 5.74) is 7.37. The second-order valence-corrected chi connectivity index (χ2v) is 14.5. The van der Waals surface area contributed by atoms with Gasteiger partial charge < -0.3 is 14.8 Å². The molecule has 3 aromatic carbocycles. The smallest absolute Gasteiger partial charge is 0.334 e. The first-order valence-corrected chi connectivity index (χ1v) is 19.0. The van der Waals surface area contributed by atoms with Gasteiger partial charge in [0, 0.05) is 35.4 Å². The van der Waals surface area contributed by atoms with Gasteiger partial charge in [-0.25, -0.2) is 13.8 Å². The molecule has 1 N–H and O–H groups in total. The second kappa shape index (κ2) is 21.1. The molecule has 0 unspecified atom stereocenters. The van der Waals surface area contributed by atoms with Crippen LogP contribution in [-0.2, 0) is 9.53 Å². The molecular formula is C44H63ClFN2O3+. The number of unbranched alkanes of at least 4 members (excludes halogenated alkanes) is 1. The number of hydrogen-bond donors (Lipinski definition) is 1. The topological polar surface area (TPSA) is 50.6 Å². The highest BCUT2D eigenvalue weighted by molar-refractivity contribution is 6.36. The zero-order valence-electron chi connectivity index (χ0n) is 33.4. The Morgan fingerprint density at radius 1 is 0.922 bits per heavy atom. The highest BCUT2D eigenvalue weighted by Crippen LogP contribution is 2.39. The van der Waals surface area contributed by atoms with E-state index in [1.807, 2.05) is 65.1 Å². The van der Waals surface area contributed by atoms with Gasteiger partial charge in [-0.2, -0.15) is 0 Å². The molecule has 0 atom stereocenters. The zero-order valence-corrected chi connectivity index (χ0v) is 34.2. The first-order valence-electron chi connectivity index (χ1n) is 18.7. The van der Waals surface area contributed by atoms with E-state index in [0.717, 1.165) is 50.0 Å². The molecule has 0 aromatic heterocycles. The van der Waals surface area contributed by atoms with Crippen molar-refractivity contribution in [2.45, 2.75) is 120 Å². The predicted octanol–water partition coefficient (Wildman–Crippen LogP) is 12.0. The Labute approximate surface area is 313 Å². The van der Waals surface area contributed by atoms with E-state index >= 15 is 0 Å². The Bertz CT molecular complexity index is 1710. The highest BCUT2D eigenvalue weighted by Gasteiger charge is 2.34. The molecule has 0 fully saturated rings. The van der Waals surface area contributed by atoms with E-state index in [-0.39, 0.29) is 11.8 Å². The van der Waals surface area contributed by atoms with Gasteiger partial charge in [-0.1, -0.05) is 70.3 Å². The monoisotopic (exact) mass is 721 g/mol. The molecule has 1 heterocycles. The Balaban J connectivity index is 0.000000712. The van der Waals surface area contributed by atoms with Crippen molar-refractivity contribution in [3.05, 3.63) is 87.3 Å². The molecular weight excluding hydrogens is 659 g/mol. The minimum Gasteiger partial charge on any atom is -0.493 e. The first-order chi connectivity index (χ1) is 24.1. The van der Waals surface area contributed by atoms with Gasteiger partial charge in [0.25, 0.3) is 0 Å². The number of halogens is 2. The number of nitrogens with zero attached hydrogens (tertiary/aromatic N) is 1. The van der Waals surface area contributed by atoms with E-state index < -0.39 is 5.60 Å². The average molecular weight is 722 g/mol. The normalized spacial score (nSPS) is 13.1. The number of ether oxygens (including phenoxy) is 2. The van der Waals surface area contributed by atoms with Crippen molar-refractivity contribution in [2.24, 2.45) is 0 Å². The number of hydrogen-bond acceptors (Lipinski definition) is 4. The summed E-state index contributed by atoms with van der Waals surface area (Å²) in [7, 11) is 2.05. The summed E-state index contributed by atoms with van der Waals surface area (Å²) in [4.78, 5) is 13.2. The van der Waals surface area contributed by atoms with Gasteiger partial charge in [-0.05, 0) is 126 Å². The lowest BCUT2D eigenvalue weighted by atomic mass is 9.85. The molecule has 51 heavy (non-hydrogen) atoms. The molecule has 3 aromatic rings. The summed E-state index contributed by atoms with van der Waals surface area (Å²) in [6.07, 6.45) is 6.41. The van der Waals surface area contributed by atoms with Crippen LogP contribution in [0.1, 0.15) is 124 Å². The van der Waals surface area contributed by atoms with Crippen LogP contribution in [-0.4, -0.2) is 48.6 Å². The Morgan fingerprint density at radius 3 is 2.14 bits per heavy atom. The van der Waals surface area contributed by atoms with Crippen LogP contribution >= 0.6 is 11.6 Å². The minimum absolute atomic E-state index is 0.276. The fourth-order valence-electron chi connectivity index (χ4n) is 5.73. The molecule has 0 bridgehead atoms. The minimum atomic E-state index is -0.606. The van der Waals surface area contributed by atoms with Crippen LogP contribution in [0, 0.1) is 12.7 Å². The number of carbonyl (C=O) groups is 1. The zero-order chi connectivity index (χ0) is 38.3. The molecule has 0 amide bonds. The maximum Gasteiger partial charge on any atom is 0.334 e.